The van der Waals surface area contributed by atoms with Gasteiger partial charge in [0, 0.05) is 0 Å². The van der Waals surface area contributed by atoms with Crippen molar-refractivity contribution in [3.63, 3.8) is 0 Å². The van der Waals surface area contributed by atoms with Crippen molar-refractivity contribution in [1.29, 1.82) is 0 Å². The number of benzene rings is 2. The minimum atomic E-state index is -4.66. The van der Waals surface area contributed by atoms with E-state index in [2.05, 4.69) is 0 Å². The second-order valence-electron chi connectivity index (χ2n) is 5.05. The Balaban J connectivity index is 2.57. The molecule has 2 aromatic carbocycles. The molecule has 0 atom stereocenters. The zero-order chi connectivity index (χ0) is 18.8. The van der Waals surface area contributed by atoms with Crippen molar-refractivity contribution in [2.45, 2.75) is 19.3 Å². The Morgan fingerprint density at radius 1 is 0.880 bits per heavy atom. The smallest absolute Gasteiger partial charge is 0.416 e. The van der Waals surface area contributed by atoms with Crippen LogP contribution in [-0.2, 0) is 17.1 Å². The molecule has 0 spiro atoms. The largest absolute Gasteiger partial charge is 0.462 e. The Morgan fingerprint density at radius 3 is 1.88 bits per heavy atom. The Kier molecular flexibility index (Phi) is 5.10. The van der Waals surface area contributed by atoms with Gasteiger partial charge in [-0.1, -0.05) is 12.1 Å². The minimum Gasteiger partial charge on any atom is -0.462 e. The first-order valence-electron chi connectivity index (χ1n) is 7.10. The molecule has 0 saturated heterocycles. The summed E-state index contributed by atoms with van der Waals surface area (Å²) < 4.78 is 81.4. The molecule has 0 unspecified atom stereocenters. The van der Waals surface area contributed by atoms with Crippen molar-refractivity contribution in [2.24, 2.45) is 0 Å². The summed E-state index contributed by atoms with van der Waals surface area (Å²) in [5, 5.41) is 0. The summed E-state index contributed by atoms with van der Waals surface area (Å²) in [5.74, 6) is -0.855. The lowest BCUT2D eigenvalue weighted by molar-refractivity contribution is -0.138. The molecule has 8 heteroatoms. The van der Waals surface area contributed by atoms with Gasteiger partial charge in [-0.25, -0.2) is 4.79 Å². The summed E-state index contributed by atoms with van der Waals surface area (Å²) in [5.41, 5.74) is -2.23. The van der Waals surface area contributed by atoms with Gasteiger partial charge >= 0.3 is 18.3 Å². The maximum absolute atomic E-state index is 12.9. The van der Waals surface area contributed by atoms with Crippen molar-refractivity contribution >= 4 is 5.97 Å². The Hall–Kier alpha value is -2.51. The maximum Gasteiger partial charge on any atom is 0.416 e. The number of ether oxygens (including phenoxy) is 1. The number of alkyl halides is 6. The molecule has 134 valence electrons. The number of carbonyl (C=O) groups excluding carboxylic acids is 1. The van der Waals surface area contributed by atoms with Gasteiger partial charge in [-0.15, -0.1) is 0 Å². The first kappa shape index (κ1) is 18.8. The van der Waals surface area contributed by atoms with E-state index in [1.165, 1.54) is 6.92 Å². The third-order valence-electron chi connectivity index (χ3n) is 3.37. The van der Waals surface area contributed by atoms with Crippen LogP contribution in [0.4, 0.5) is 26.3 Å². The fourth-order valence-corrected chi connectivity index (χ4v) is 2.19. The molecule has 0 aliphatic carbocycles. The Morgan fingerprint density at radius 2 is 1.40 bits per heavy atom. The van der Waals surface area contributed by atoms with Crippen LogP contribution in [0.1, 0.15) is 28.4 Å². The van der Waals surface area contributed by atoms with E-state index in [0.29, 0.717) is 0 Å². The summed E-state index contributed by atoms with van der Waals surface area (Å²) in [4.78, 5) is 11.9. The molecule has 0 heterocycles. The van der Waals surface area contributed by atoms with Crippen molar-refractivity contribution in [3.8, 4) is 11.1 Å². The number of esters is 1. The van der Waals surface area contributed by atoms with Gasteiger partial charge < -0.3 is 4.74 Å². The molecule has 2 aromatic rings. The lowest BCUT2D eigenvalue weighted by Crippen LogP contribution is -2.10. The molecule has 0 bridgehead atoms. The molecule has 2 nitrogen and oxygen atoms in total. The van der Waals surface area contributed by atoms with E-state index in [4.69, 9.17) is 4.74 Å². The van der Waals surface area contributed by atoms with Gasteiger partial charge in [0.25, 0.3) is 0 Å². The summed E-state index contributed by atoms with van der Waals surface area (Å²) in [6.07, 6.45) is -9.23. The van der Waals surface area contributed by atoms with Crippen LogP contribution in [0.5, 0.6) is 0 Å². The highest BCUT2D eigenvalue weighted by Crippen LogP contribution is 2.36. The first-order valence-corrected chi connectivity index (χ1v) is 7.10. The van der Waals surface area contributed by atoms with Gasteiger partial charge in [-0.2, -0.15) is 26.3 Å². The van der Waals surface area contributed by atoms with E-state index in [0.717, 1.165) is 42.5 Å². The van der Waals surface area contributed by atoms with E-state index in [1.54, 1.807) is 0 Å². The predicted octanol–water partition coefficient (Wildman–Crippen LogP) is 5.57. The molecule has 25 heavy (non-hydrogen) atoms. The minimum absolute atomic E-state index is 0.00626. The Labute approximate surface area is 139 Å². The molecule has 0 saturated carbocycles. The van der Waals surface area contributed by atoms with Gasteiger partial charge in [0.15, 0.2) is 0 Å². The lowest BCUT2D eigenvalue weighted by atomic mass is 9.96. The summed E-state index contributed by atoms with van der Waals surface area (Å²) >= 11 is 0. The maximum atomic E-state index is 12.9. The van der Waals surface area contributed by atoms with Crippen LogP contribution in [-0.4, -0.2) is 12.6 Å². The molecular weight excluding hydrogens is 350 g/mol. The van der Waals surface area contributed by atoms with E-state index in [1.807, 2.05) is 0 Å². The number of hydrogen-bond acceptors (Lipinski definition) is 2. The number of rotatable bonds is 3. The summed E-state index contributed by atoms with van der Waals surface area (Å²) in [6, 6.07) is 5.90. The van der Waals surface area contributed by atoms with Crippen LogP contribution in [0.3, 0.4) is 0 Å². The second-order valence-corrected chi connectivity index (χ2v) is 5.05. The van der Waals surface area contributed by atoms with Crippen molar-refractivity contribution in [1.82, 2.24) is 0 Å². The number of carbonyl (C=O) groups is 1. The molecule has 2 rings (SSSR count). The van der Waals surface area contributed by atoms with Crippen molar-refractivity contribution < 1.29 is 35.9 Å². The molecule has 0 radical (unpaired) electrons. The molecule has 0 fully saturated rings. The molecule has 0 aliphatic heterocycles. The SMILES string of the molecule is CCOC(=O)c1ccc(C(F)(F)F)cc1-c1ccc(C(F)(F)F)cc1. The van der Waals surface area contributed by atoms with Gasteiger partial charge in [-0.05, 0) is 48.4 Å². The van der Waals surface area contributed by atoms with E-state index in [-0.39, 0.29) is 23.3 Å². The zero-order valence-electron chi connectivity index (χ0n) is 12.8. The standard InChI is InChI=1S/C17H12F6O2/c1-2-25-15(24)13-8-7-12(17(21,22)23)9-14(13)10-3-5-11(6-4-10)16(18,19)20/h3-9H,2H2,1H3. The van der Waals surface area contributed by atoms with Gasteiger partial charge in [0.05, 0.1) is 23.3 Å². The number of halogens is 6. The van der Waals surface area contributed by atoms with Crippen LogP contribution in [0, 0.1) is 0 Å². The van der Waals surface area contributed by atoms with Gasteiger partial charge in [0.1, 0.15) is 0 Å². The topological polar surface area (TPSA) is 26.3 Å². The number of hydrogen-bond donors (Lipinski definition) is 0. The van der Waals surface area contributed by atoms with Crippen molar-refractivity contribution in [3.05, 3.63) is 59.2 Å². The van der Waals surface area contributed by atoms with E-state index in [9.17, 15) is 31.1 Å². The molecule has 0 N–H and O–H groups in total. The van der Waals surface area contributed by atoms with E-state index >= 15 is 0 Å². The van der Waals surface area contributed by atoms with Crippen LogP contribution < -0.4 is 0 Å². The average molecular weight is 362 g/mol. The van der Waals surface area contributed by atoms with Crippen LogP contribution in [0.25, 0.3) is 11.1 Å². The van der Waals surface area contributed by atoms with Gasteiger partial charge in [-0.3, -0.25) is 0 Å². The van der Waals surface area contributed by atoms with E-state index < -0.39 is 29.4 Å². The molecule has 0 aliphatic rings. The zero-order valence-corrected chi connectivity index (χ0v) is 12.8. The third kappa shape index (κ3) is 4.32. The highest BCUT2D eigenvalue weighted by Gasteiger charge is 2.33. The second kappa shape index (κ2) is 6.78. The lowest BCUT2D eigenvalue weighted by Gasteiger charge is -2.14. The highest BCUT2D eigenvalue weighted by atomic mass is 19.4. The summed E-state index contributed by atoms with van der Waals surface area (Å²) in [7, 11) is 0. The molecule has 0 amide bonds. The van der Waals surface area contributed by atoms with Crippen LogP contribution in [0.2, 0.25) is 0 Å². The van der Waals surface area contributed by atoms with Crippen molar-refractivity contribution in [2.75, 3.05) is 6.61 Å². The average Bonchev–Trinajstić information content (AvgIpc) is 2.53. The summed E-state index contributed by atoms with van der Waals surface area (Å²) in [6.45, 7) is 1.53. The predicted molar refractivity (Wildman–Crippen MR) is 77.8 cm³/mol. The van der Waals surface area contributed by atoms with Gasteiger partial charge in [0.2, 0.25) is 0 Å². The quantitative estimate of drug-likeness (QED) is 0.527. The monoisotopic (exact) mass is 362 g/mol. The van der Waals surface area contributed by atoms with Crippen LogP contribution in [0.15, 0.2) is 42.5 Å². The fourth-order valence-electron chi connectivity index (χ4n) is 2.19. The van der Waals surface area contributed by atoms with Crippen LogP contribution >= 0.6 is 0 Å². The molecular formula is C17H12F6O2. The fraction of sp³-hybridized carbons (Fsp3) is 0.235. The first-order chi connectivity index (χ1) is 11.5. The third-order valence-corrected chi connectivity index (χ3v) is 3.37. The highest BCUT2D eigenvalue weighted by molar-refractivity contribution is 5.97. The Bertz CT molecular complexity index is 760. The normalized spacial score (nSPS) is 12.1. The molecule has 0 aromatic heterocycles.